The van der Waals surface area contributed by atoms with E-state index in [9.17, 15) is 9.90 Å². The average Bonchev–Trinajstić information content (AvgIpc) is 2.27. The van der Waals surface area contributed by atoms with E-state index in [1.807, 2.05) is 6.92 Å². The molecule has 1 aliphatic rings. The van der Waals surface area contributed by atoms with Gasteiger partial charge >= 0.3 is 5.97 Å². The summed E-state index contributed by atoms with van der Waals surface area (Å²) in [4.78, 5) is 12.7. The topological polar surface area (TPSA) is 70.0 Å². The van der Waals surface area contributed by atoms with E-state index in [0.717, 1.165) is 38.9 Å². The number of rotatable bonds is 7. The largest absolute Gasteiger partial charge is 0.481 e. The number of nitrogens with zero attached hydrogens (tertiary/aromatic N) is 1. The van der Waals surface area contributed by atoms with E-state index in [4.69, 9.17) is 9.84 Å². The maximum Gasteiger partial charge on any atom is 0.305 e. The molecule has 1 unspecified atom stereocenters. The number of aliphatic hydroxyl groups is 1. The zero-order valence-corrected chi connectivity index (χ0v) is 10.5. The zero-order valence-electron chi connectivity index (χ0n) is 10.5. The van der Waals surface area contributed by atoms with Gasteiger partial charge in [0.25, 0.3) is 0 Å². The maximum atomic E-state index is 10.3. The van der Waals surface area contributed by atoms with Crippen molar-refractivity contribution in [2.24, 2.45) is 0 Å². The van der Waals surface area contributed by atoms with Crippen LogP contribution < -0.4 is 0 Å². The number of ether oxygens (including phenoxy) is 1. The minimum Gasteiger partial charge on any atom is -0.481 e. The number of aliphatic carboxylic acids is 1. The van der Waals surface area contributed by atoms with Gasteiger partial charge in [0.05, 0.1) is 25.2 Å². The lowest BCUT2D eigenvalue weighted by molar-refractivity contribution is -0.138. The van der Waals surface area contributed by atoms with Gasteiger partial charge in [-0.05, 0) is 26.2 Å². The number of hydrogen-bond donors (Lipinski definition) is 2. The highest BCUT2D eigenvalue weighted by Crippen LogP contribution is 2.14. The summed E-state index contributed by atoms with van der Waals surface area (Å²) in [5.41, 5.74) is 0. The van der Waals surface area contributed by atoms with Crippen molar-refractivity contribution in [2.75, 3.05) is 26.2 Å². The second-order valence-electron chi connectivity index (χ2n) is 4.69. The first-order chi connectivity index (χ1) is 8.08. The van der Waals surface area contributed by atoms with Gasteiger partial charge in [-0.3, -0.25) is 4.79 Å². The number of carboxylic acid groups (broad SMARTS) is 1. The Morgan fingerprint density at radius 1 is 1.47 bits per heavy atom. The normalized spacial score (nSPS) is 20.4. The molecular formula is C12H23NO4. The number of likely N-dealkylation sites (tertiary alicyclic amines) is 1. The number of piperidine rings is 1. The average molecular weight is 245 g/mol. The molecule has 0 spiro atoms. The highest BCUT2D eigenvalue weighted by Gasteiger charge is 2.19. The molecule has 0 radical (unpaired) electrons. The standard InChI is InChI=1S/C12H23NO4/c1-10(14)2-6-13-7-3-11(4-8-13)17-9-5-12(15)16/h10-11,14H,2-9H2,1H3,(H,15,16). The molecule has 0 amide bonds. The van der Waals surface area contributed by atoms with E-state index in [1.54, 1.807) is 0 Å². The summed E-state index contributed by atoms with van der Waals surface area (Å²) < 4.78 is 5.51. The fourth-order valence-electron chi connectivity index (χ4n) is 1.98. The molecule has 0 bridgehead atoms. The van der Waals surface area contributed by atoms with Crippen molar-refractivity contribution in [3.8, 4) is 0 Å². The molecule has 1 atom stereocenters. The molecule has 1 fully saturated rings. The Morgan fingerprint density at radius 2 is 2.12 bits per heavy atom. The van der Waals surface area contributed by atoms with Crippen molar-refractivity contribution < 1.29 is 19.7 Å². The summed E-state index contributed by atoms with van der Waals surface area (Å²) in [5.74, 6) is -0.806. The molecule has 5 heteroatoms. The second-order valence-corrected chi connectivity index (χ2v) is 4.69. The van der Waals surface area contributed by atoms with E-state index < -0.39 is 5.97 Å². The Bertz CT molecular complexity index is 225. The summed E-state index contributed by atoms with van der Waals surface area (Å²) in [5, 5.41) is 17.7. The molecule has 0 saturated carbocycles. The molecule has 17 heavy (non-hydrogen) atoms. The number of carboxylic acids is 1. The van der Waals surface area contributed by atoms with Gasteiger partial charge in [0.1, 0.15) is 0 Å². The minimum absolute atomic E-state index is 0.0856. The SMILES string of the molecule is CC(O)CCN1CCC(OCCC(=O)O)CC1. The summed E-state index contributed by atoms with van der Waals surface area (Å²) in [6, 6.07) is 0. The van der Waals surface area contributed by atoms with Crippen molar-refractivity contribution in [3.05, 3.63) is 0 Å². The highest BCUT2D eigenvalue weighted by atomic mass is 16.5. The van der Waals surface area contributed by atoms with E-state index in [2.05, 4.69) is 4.90 Å². The molecule has 0 aliphatic carbocycles. The molecule has 1 rings (SSSR count). The predicted octanol–water partition coefficient (Wildman–Crippen LogP) is 0.713. The van der Waals surface area contributed by atoms with E-state index in [-0.39, 0.29) is 18.6 Å². The third-order valence-corrected chi connectivity index (χ3v) is 3.07. The lowest BCUT2D eigenvalue weighted by Gasteiger charge is -2.32. The Balaban J connectivity index is 2.07. The predicted molar refractivity (Wildman–Crippen MR) is 64.0 cm³/mol. The van der Waals surface area contributed by atoms with Gasteiger partial charge in [0.15, 0.2) is 0 Å². The third-order valence-electron chi connectivity index (χ3n) is 3.07. The fourth-order valence-corrected chi connectivity index (χ4v) is 1.98. The van der Waals surface area contributed by atoms with Crippen LogP contribution in [0.25, 0.3) is 0 Å². The summed E-state index contributed by atoms with van der Waals surface area (Å²) in [6.07, 6.45) is 2.78. The van der Waals surface area contributed by atoms with Gasteiger partial charge in [0.2, 0.25) is 0 Å². The van der Waals surface area contributed by atoms with Gasteiger partial charge in [-0.15, -0.1) is 0 Å². The Morgan fingerprint density at radius 3 is 2.65 bits per heavy atom. The monoisotopic (exact) mass is 245 g/mol. The van der Waals surface area contributed by atoms with Crippen LogP contribution in [0.1, 0.15) is 32.6 Å². The van der Waals surface area contributed by atoms with Gasteiger partial charge in [-0.25, -0.2) is 0 Å². The van der Waals surface area contributed by atoms with Gasteiger partial charge in [-0.2, -0.15) is 0 Å². The molecule has 1 saturated heterocycles. The molecule has 100 valence electrons. The van der Waals surface area contributed by atoms with Crippen LogP contribution in [0.15, 0.2) is 0 Å². The Kier molecular flexibility index (Phi) is 6.47. The third kappa shape index (κ3) is 6.61. The second kappa shape index (κ2) is 7.63. The van der Waals surface area contributed by atoms with E-state index in [0.29, 0.717) is 6.61 Å². The zero-order chi connectivity index (χ0) is 12.7. The van der Waals surface area contributed by atoms with Crippen molar-refractivity contribution in [1.29, 1.82) is 0 Å². The van der Waals surface area contributed by atoms with Crippen molar-refractivity contribution in [2.45, 2.75) is 44.8 Å². The maximum absolute atomic E-state index is 10.3. The van der Waals surface area contributed by atoms with Crippen LogP contribution in [-0.4, -0.2) is 59.5 Å². The first-order valence-corrected chi connectivity index (χ1v) is 6.31. The van der Waals surface area contributed by atoms with Crippen LogP contribution in [0, 0.1) is 0 Å². The van der Waals surface area contributed by atoms with Crippen LogP contribution in [0.5, 0.6) is 0 Å². The molecule has 1 heterocycles. The van der Waals surface area contributed by atoms with Crippen LogP contribution in [0.4, 0.5) is 0 Å². The molecule has 0 aromatic rings. The van der Waals surface area contributed by atoms with E-state index >= 15 is 0 Å². The number of carbonyl (C=O) groups is 1. The van der Waals surface area contributed by atoms with Crippen molar-refractivity contribution in [3.63, 3.8) is 0 Å². The van der Waals surface area contributed by atoms with E-state index in [1.165, 1.54) is 0 Å². The molecule has 0 aromatic carbocycles. The molecule has 1 aliphatic heterocycles. The molecular weight excluding hydrogens is 222 g/mol. The summed E-state index contributed by atoms with van der Waals surface area (Å²) in [7, 11) is 0. The van der Waals surface area contributed by atoms with Crippen molar-refractivity contribution >= 4 is 5.97 Å². The molecule has 2 N–H and O–H groups in total. The highest BCUT2D eigenvalue weighted by molar-refractivity contribution is 5.66. The van der Waals surface area contributed by atoms with Crippen molar-refractivity contribution in [1.82, 2.24) is 4.90 Å². The van der Waals surface area contributed by atoms with Gasteiger partial charge in [0, 0.05) is 19.6 Å². The van der Waals surface area contributed by atoms with Crippen LogP contribution in [0.2, 0.25) is 0 Å². The summed E-state index contributed by atoms with van der Waals surface area (Å²) >= 11 is 0. The Labute approximate surface area is 102 Å². The molecule has 0 aromatic heterocycles. The fraction of sp³-hybridized carbons (Fsp3) is 0.917. The Hall–Kier alpha value is -0.650. The summed E-state index contributed by atoms with van der Waals surface area (Å²) in [6.45, 7) is 5.00. The molecule has 5 nitrogen and oxygen atoms in total. The lowest BCUT2D eigenvalue weighted by atomic mass is 10.1. The smallest absolute Gasteiger partial charge is 0.305 e. The number of hydrogen-bond acceptors (Lipinski definition) is 4. The van der Waals surface area contributed by atoms with Gasteiger partial charge in [-0.1, -0.05) is 0 Å². The lowest BCUT2D eigenvalue weighted by Crippen LogP contribution is -2.38. The van der Waals surface area contributed by atoms with Crippen LogP contribution >= 0.6 is 0 Å². The first-order valence-electron chi connectivity index (χ1n) is 6.31. The van der Waals surface area contributed by atoms with Gasteiger partial charge < -0.3 is 19.8 Å². The first kappa shape index (κ1) is 14.4. The minimum atomic E-state index is -0.806. The van der Waals surface area contributed by atoms with Crippen LogP contribution in [-0.2, 0) is 9.53 Å². The number of aliphatic hydroxyl groups excluding tert-OH is 1. The quantitative estimate of drug-likeness (QED) is 0.691. The van der Waals surface area contributed by atoms with Crippen LogP contribution in [0.3, 0.4) is 0 Å².